The fourth-order valence-corrected chi connectivity index (χ4v) is 1.64. The summed E-state index contributed by atoms with van der Waals surface area (Å²) in [6.07, 6.45) is 1.62. The number of carboxylic acid groups (broad SMARTS) is 1. The molecule has 0 bridgehead atoms. The Kier molecular flexibility index (Phi) is 3.06. The van der Waals surface area contributed by atoms with Gasteiger partial charge in [-0.1, -0.05) is 0 Å². The molecule has 0 aromatic carbocycles. The van der Waals surface area contributed by atoms with E-state index >= 15 is 0 Å². The molecule has 88 valence electrons. The molecule has 2 heterocycles. The molecule has 0 saturated heterocycles. The zero-order valence-electron chi connectivity index (χ0n) is 8.96. The molecular formula is C10H9ClN4O2. The maximum atomic E-state index is 10.9. The number of carboxylic acids is 1. The Morgan fingerprint density at radius 2 is 2.29 bits per heavy atom. The minimum absolute atomic E-state index is 0.0937. The van der Waals surface area contributed by atoms with Crippen molar-refractivity contribution in [1.29, 1.82) is 0 Å². The van der Waals surface area contributed by atoms with E-state index in [1.165, 1.54) is 6.07 Å². The quantitative estimate of drug-likeness (QED) is 0.841. The first-order valence-corrected chi connectivity index (χ1v) is 5.29. The normalized spacial score (nSPS) is 10.5. The standard InChI is InChI=1S/C10H9ClN4O2/c1-2-15-8(3-4-12-15)6-5-7(9(16)17)14-10(11)13-6/h3-5H,2H2,1H3,(H,16,17). The first kappa shape index (κ1) is 11.5. The van der Waals surface area contributed by atoms with E-state index < -0.39 is 5.97 Å². The van der Waals surface area contributed by atoms with E-state index in [9.17, 15) is 4.79 Å². The highest BCUT2D eigenvalue weighted by Gasteiger charge is 2.13. The van der Waals surface area contributed by atoms with E-state index in [0.29, 0.717) is 17.9 Å². The topological polar surface area (TPSA) is 80.9 Å². The molecule has 6 nitrogen and oxygen atoms in total. The molecule has 0 aliphatic heterocycles. The number of carbonyl (C=O) groups is 1. The summed E-state index contributed by atoms with van der Waals surface area (Å²) in [7, 11) is 0. The minimum Gasteiger partial charge on any atom is -0.477 e. The summed E-state index contributed by atoms with van der Waals surface area (Å²) < 4.78 is 1.70. The number of nitrogens with zero attached hydrogens (tertiary/aromatic N) is 4. The monoisotopic (exact) mass is 252 g/mol. The van der Waals surface area contributed by atoms with Crippen molar-refractivity contribution in [3.63, 3.8) is 0 Å². The first-order chi connectivity index (χ1) is 8.11. The molecule has 0 radical (unpaired) electrons. The molecule has 1 N–H and O–H groups in total. The number of aryl methyl sites for hydroxylation is 1. The van der Waals surface area contributed by atoms with Crippen LogP contribution in [0.5, 0.6) is 0 Å². The molecule has 0 atom stereocenters. The number of halogens is 1. The van der Waals surface area contributed by atoms with Crippen LogP contribution in [0.4, 0.5) is 0 Å². The van der Waals surface area contributed by atoms with Crippen LogP contribution in [0.15, 0.2) is 18.3 Å². The molecule has 17 heavy (non-hydrogen) atoms. The molecule has 0 unspecified atom stereocenters. The van der Waals surface area contributed by atoms with Crippen LogP contribution < -0.4 is 0 Å². The van der Waals surface area contributed by atoms with Gasteiger partial charge >= 0.3 is 5.97 Å². The Labute approximate surface area is 102 Å². The predicted octanol–water partition coefficient (Wildman–Crippen LogP) is 1.71. The lowest BCUT2D eigenvalue weighted by molar-refractivity contribution is 0.0690. The number of hydrogen-bond acceptors (Lipinski definition) is 4. The second-order valence-electron chi connectivity index (χ2n) is 3.24. The van der Waals surface area contributed by atoms with Gasteiger partial charge in [-0.15, -0.1) is 0 Å². The molecule has 0 amide bonds. The zero-order valence-corrected chi connectivity index (χ0v) is 9.72. The summed E-state index contributed by atoms with van der Waals surface area (Å²) in [5.74, 6) is -1.14. The van der Waals surface area contributed by atoms with Gasteiger partial charge < -0.3 is 5.11 Å². The Morgan fingerprint density at radius 3 is 2.94 bits per heavy atom. The predicted molar refractivity (Wildman–Crippen MR) is 60.9 cm³/mol. The van der Waals surface area contributed by atoms with Gasteiger partial charge in [-0.25, -0.2) is 14.8 Å². The lowest BCUT2D eigenvalue weighted by Crippen LogP contribution is -2.05. The summed E-state index contributed by atoms with van der Waals surface area (Å²) in [4.78, 5) is 18.5. The maximum absolute atomic E-state index is 10.9. The zero-order chi connectivity index (χ0) is 12.4. The highest BCUT2D eigenvalue weighted by atomic mass is 35.5. The molecule has 2 aromatic heterocycles. The number of aromatic carboxylic acids is 1. The maximum Gasteiger partial charge on any atom is 0.354 e. The van der Waals surface area contributed by atoms with Crippen LogP contribution in [0.3, 0.4) is 0 Å². The van der Waals surface area contributed by atoms with E-state index in [0.717, 1.165) is 0 Å². The van der Waals surface area contributed by atoms with Crippen LogP contribution in [-0.4, -0.2) is 30.8 Å². The van der Waals surface area contributed by atoms with Gasteiger partial charge in [-0.3, -0.25) is 4.68 Å². The SMILES string of the molecule is CCn1nccc1-c1cc(C(=O)O)nc(Cl)n1. The third kappa shape index (κ3) is 2.26. The van der Waals surface area contributed by atoms with E-state index in [1.54, 1.807) is 16.9 Å². The Balaban J connectivity index is 2.56. The number of aromatic nitrogens is 4. The van der Waals surface area contributed by atoms with Crippen molar-refractivity contribution >= 4 is 17.6 Å². The lowest BCUT2D eigenvalue weighted by Gasteiger charge is -2.05. The van der Waals surface area contributed by atoms with Crippen molar-refractivity contribution in [2.24, 2.45) is 0 Å². The molecule has 2 rings (SSSR count). The molecule has 0 saturated carbocycles. The molecule has 7 heteroatoms. The summed E-state index contributed by atoms with van der Waals surface area (Å²) in [5.41, 5.74) is 1.02. The van der Waals surface area contributed by atoms with Crippen molar-refractivity contribution in [2.45, 2.75) is 13.5 Å². The van der Waals surface area contributed by atoms with Crippen LogP contribution in [0, 0.1) is 0 Å². The molecule has 2 aromatic rings. The van der Waals surface area contributed by atoms with Gasteiger partial charge in [0.1, 0.15) is 0 Å². The van der Waals surface area contributed by atoms with Crippen LogP contribution in [0.25, 0.3) is 11.4 Å². The Hall–Kier alpha value is -1.95. The molecule has 0 aliphatic carbocycles. The van der Waals surface area contributed by atoms with Gasteiger partial charge in [0, 0.05) is 12.7 Å². The molecule has 0 aliphatic rings. The van der Waals surface area contributed by atoms with E-state index in [4.69, 9.17) is 16.7 Å². The number of rotatable bonds is 3. The fraction of sp³-hybridized carbons (Fsp3) is 0.200. The van der Waals surface area contributed by atoms with Crippen molar-refractivity contribution in [2.75, 3.05) is 0 Å². The minimum atomic E-state index is -1.14. The largest absolute Gasteiger partial charge is 0.477 e. The average Bonchev–Trinajstić information content (AvgIpc) is 2.76. The van der Waals surface area contributed by atoms with Gasteiger partial charge in [0.2, 0.25) is 5.28 Å². The van der Waals surface area contributed by atoms with Gasteiger partial charge in [-0.2, -0.15) is 5.10 Å². The summed E-state index contributed by atoms with van der Waals surface area (Å²) >= 11 is 5.69. The van der Waals surface area contributed by atoms with E-state index in [2.05, 4.69) is 15.1 Å². The summed E-state index contributed by atoms with van der Waals surface area (Å²) in [5, 5.41) is 12.9. The summed E-state index contributed by atoms with van der Waals surface area (Å²) in [6.45, 7) is 2.59. The molecular weight excluding hydrogens is 244 g/mol. The van der Waals surface area contributed by atoms with Gasteiger partial charge in [0.25, 0.3) is 0 Å². The van der Waals surface area contributed by atoms with E-state index in [1.807, 2.05) is 6.92 Å². The smallest absolute Gasteiger partial charge is 0.354 e. The number of hydrogen-bond donors (Lipinski definition) is 1. The van der Waals surface area contributed by atoms with Gasteiger partial charge in [-0.05, 0) is 30.7 Å². The summed E-state index contributed by atoms with van der Waals surface area (Å²) in [6, 6.07) is 3.12. The molecule has 0 fully saturated rings. The Morgan fingerprint density at radius 1 is 1.53 bits per heavy atom. The second-order valence-corrected chi connectivity index (χ2v) is 3.58. The van der Waals surface area contributed by atoms with Crippen LogP contribution >= 0.6 is 11.6 Å². The lowest BCUT2D eigenvalue weighted by atomic mass is 10.2. The van der Waals surface area contributed by atoms with Crippen molar-refractivity contribution in [3.05, 3.63) is 29.3 Å². The van der Waals surface area contributed by atoms with Crippen molar-refractivity contribution in [1.82, 2.24) is 19.7 Å². The first-order valence-electron chi connectivity index (χ1n) is 4.92. The van der Waals surface area contributed by atoms with Gasteiger partial charge in [0.05, 0.1) is 11.4 Å². The van der Waals surface area contributed by atoms with Gasteiger partial charge in [0.15, 0.2) is 5.69 Å². The Bertz CT molecular complexity index is 567. The van der Waals surface area contributed by atoms with Crippen LogP contribution in [-0.2, 0) is 6.54 Å². The average molecular weight is 253 g/mol. The van der Waals surface area contributed by atoms with Crippen LogP contribution in [0.2, 0.25) is 5.28 Å². The highest BCUT2D eigenvalue weighted by Crippen LogP contribution is 2.19. The fourth-order valence-electron chi connectivity index (χ4n) is 1.46. The van der Waals surface area contributed by atoms with Crippen LogP contribution in [0.1, 0.15) is 17.4 Å². The molecule has 0 spiro atoms. The van der Waals surface area contributed by atoms with Crippen molar-refractivity contribution in [3.8, 4) is 11.4 Å². The highest BCUT2D eigenvalue weighted by molar-refractivity contribution is 6.28. The second kappa shape index (κ2) is 4.50. The van der Waals surface area contributed by atoms with E-state index in [-0.39, 0.29) is 11.0 Å². The third-order valence-corrected chi connectivity index (χ3v) is 2.37. The third-order valence-electron chi connectivity index (χ3n) is 2.20. The van der Waals surface area contributed by atoms with Crippen molar-refractivity contribution < 1.29 is 9.90 Å².